The molecular weight excluding hydrogens is 186 g/mol. The summed E-state index contributed by atoms with van der Waals surface area (Å²) in [6.07, 6.45) is -1.83. The predicted octanol–water partition coefficient (Wildman–Crippen LogP) is 0.452. The smallest absolute Gasteiger partial charge is 0.450 e. The van der Waals surface area contributed by atoms with E-state index in [1.807, 2.05) is 6.07 Å². The highest BCUT2D eigenvalue weighted by Gasteiger charge is 1.85. The van der Waals surface area contributed by atoms with Crippen LogP contribution in [0, 0.1) is 0 Å². The minimum absolute atomic E-state index is 0.284. The Morgan fingerprint density at radius 1 is 1.31 bits per heavy atom. The maximum atomic E-state index is 8.56. The molecule has 13 heavy (non-hydrogen) atoms. The van der Waals surface area contributed by atoms with Crippen molar-refractivity contribution in [3.8, 4) is 0 Å². The zero-order valence-electron chi connectivity index (χ0n) is 7.18. The lowest BCUT2D eigenvalue weighted by atomic mass is 10.2. The zero-order valence-corrected chi connectivity index (χ0v) is 8.60. The van der Waals surface area contributed by atoms with Gasteiger partial charge in [-0.1, -0.05) is 30.3 Å². The van der Waals surface area contributed by atoms with Crippen LogP contribution >= 0.6 is 0 Å². The van der Waals surface area contributed by atoms with E-state index in [9.17, 15) is 0 Å². The van der Waals surface area contributed by atoms with Gasteiger partial charge in [-0.05, 0) is 11.6 Å². The monoisotopic (exact) mass is 199 g/mol. The molecule has 0 aliphatic heterocycles. The van der Waals surface area contributed by atoms with Crippen LogP contribution in [0.15, 0.2) is 30.3 Å². The number of benzene rings is 1. The molecular formula is C8H13NO3Si. The molecule has 0 fully saturated rings. The number of rotatable bonds is 2. The molecule has 0 saturated carbocycles. The number of hydrogen-bond donors (Lipinski definition) is 3. The van der Waals surface area contributed by atoms with Gasteiger partial charge in [0.15, 0.2) is 0 Å². The lowest BCUT2D eigenvalue weighted by Gasteiger charge is -1.93. The largest absolute Gasteiger partial charge is 0.503 e. The lowest BCUT2D eigenvalue weighted by Crippen LogP contribution is -2.07. The van der Waals surface area contributed by atoms with Gasteiger partial charge in [-0.3, -0.25) is 0 Å². The Hall–Kier alpha value is -1.33. The molecule has 1 aromatic rings. The molecule has 0 heterocycles. The summed E-state index contributed by atoms with van der Waals surface area (Å²) in [5, 5.41) is 19.4. The molecule has 1 aromatic carbocycles. The maximum Gasteiger partial charge on any atom is 0.503 e. The van der Waals surface area contributed by atoms with Crippen molar-refractivity contribution in [2.75, 3.05) is 0 Å². The Balaban J connectivity index is 0.000000310. The molecule has 72 valence electrons. The summed E-state index contributed by atoms with van der Waals surface area (Å²) in [7, 11) is -0.284. The summed E-state index contributed by atoms with van der Waals surface area (Å²) in [6, 6.07) is 11.5. The van der Waals surface area contributed by atoms with E-state index in [0.717, 1.165) is 6.04 Å². The average molecular weight is 199 g/mol. The molecule has 0 amide bonds. The predicted molar refractivity (Wildman–Crippen MR) is 53.5 cm³/mol. The summed E-state index contributed by atoms with van der Waals surface area (Å²) in [4.78, 5) is 8.56. The summed E-state index contributed by atoms with van der Waals surface area (Å²) < 4.78 is 0. The molecule has 5 heteroatoms. The summed E-state index contributed by atoms with van der Waals surface area (Å²) >= 11 is 0. The third-order valence-electron chi connectivity index (χ3n) is 1.28. The summed E-state index contributed by atoms with van der Waals surface area (Å²) in [5.74, 6) is 0. The third kappa shape index (κ3) is 8.57. The van der Waals surface area contributed by atoms with Gasteiger partial charge in [-0.2, -0.15) is 0 Å². The van der Waals surface area contributed by atoms with Crippen molar-refractivity contribution in [2.45, 2.75) is 6.04 Å². The summed E-state index contributed by atoms with van der Waals surface area (Å²) in [6.45, 7) is 0. The van der Waals surface area contributed by atoms with Gasteiger partial charge in [0.05, 0.1) is 9.68 Å². The highest BCUT2D eigenvalue weighted by atomic mass is 28.2. The van der Waals surface area contributed by atoms with Gasteiger partial charge in [0, 0.05) is 0 Å². The second kappa shape index (κ2) is 7.32. The molecule has 0 saturated heterocycles. The van der Waals surface area contributed by atoms with Gasteiger partial charge in [0.1, 0.15) is 0 Å². The fraction of sp³-hybridized carbons (Fsp3) is 0.125. The van der Waals surface area contributed by atoms with E-state index in [-0.39, 0.29) is 9.68 Å². The quantitative estimate of drug-likeness (QED) is 0.604. The first-order valence-electron chi connectivity index (χ1n) is 3.82. The van der Waals surface area contributed by atoms with E-state index < -0.39 is 6.16 Å². The Labute approximate surface area is 78.9 Å². The Kier molecular flexibility index (Phi) is 6.57. The molecule has 0 unspecified atom stereocenters. The second-order valence-electron chi connectivity index (χ2n) is 2.31. The molecule has 0 atom stereocenters. The molecule has 0 aromatic heterocycles. The minimum atomic E-state index is -1.83. The van der Waals surface area contributed by atoms with Crippen LogP contribution in [0.5, 0.6) is 0 Å². The van der Waals surface area contributed by atoms with E-state index in [1.54, 1.807) is 0 Å². The van der Waals surface area contributed by atoms with Crippen molar-refractivity contribution in [3.05, 3.63) is 35.9 Å². The first kappa shape index (κ1) is 11.7. The topological polar surface area (TPSA) is 83.6 Å². The van der Waals surface area contributed by atoms with Gasteiger partial charge in [-0.15, -0.1) is 0 Å². The fourth-order valence-corrected chi connectivity index (χ4v) is 1.48. The Bertz CT molecular complexity index is 236. The molecule has 0 bridgehead atoms. The second-order valence-corrected chi connectivity index (χ2v) is 3.38. The molecule has 0 spiro atoms. The molecule has 0 aliphatic rings. The fourth-order valence-electron chi connectivity index (χ4n) is 0.811. The lowest BCUT2D eigenvalue weighted by molar-refractivity contribution is 0.137. The first-order valence-corrected chi connectivity index (χ1v) is 5.64. The number of carbonyl (C=O) groups is 1. The average Bonchev–Trinajstić information content (AvgIpc) is 2.06. The van der Waals surface area contributed by atoms with Crippen LogP contribution in [0.25, 0.3) is 0 Å². The normalized spacial score (nSPS) is 9.31. The molecule has 4 nitrogen and oxygen atoms in total. The molecule has 0 aliphatic carbocycles. The van der Waals surface area contributed by atoms with Crippen LogP contribution in [0.4, 0.5) is 4.79 Å². The van der Waals surface area contributed by atoms with Gasteiger partial charge >= 0.3 is 6.16 Å². The van der Waals surface area contributed by atoms with Gasteiger partial charge in [0.2, 0.25) is 0 Å². The van der Waals surface area contributed by atoms with Crippen molar-refractivity contribution in [2.24, 2.45) is 5.40 Å². The van der Waals surface area contributed by atoms with E-state index in [2.05, 4.69) is 24.3 Å². The minimum Gasteiger partial charge on any atom is -0.450 e. The van der Waals surface area contributed by atoms with Crippen molar-refractivity contribution in [3.63, 3.8) is 0 Å². The van der Waals surface area contributed by atoms with Crippen LogP contribution in [-0.2, 0) is 6.04 Å². The zero-order chi connectivity index (χ0) is 10.1. The standard InChI is InChI=1S/C7H11NSi.CH2O3/c8-9-6-7-4-2-1-3-5-7;2-1(3)4/h1-5H,6,8-9H2;(H2,2,3,4). The first-order chi connectivity index (χ1) is 6.16. The van der Waals surface area contributed by atoms with Gasteiger partial charge < -0.3 is 15.6 Å². The van der Waals surface area contributed by atoms with E-state index in [1.165, 1.54) is 5.56 Å². The SMILES string of the molecule is N[SiH2]Cc1ccccc1.O=C(O)O. The third-order valence-corrected chi connectivity index (χ3v) is 2.14. The van der Waals surface area contributed by atoms with Crippen LogP contribution in [0.1, 0.15) is 5.56 Å². The molecule has 1 rings (SSSR count). The number of carboxylic acid groups (broad SMARTS) is 2. The Morgan fingerprint density at radius 2 is 1.77 bits per heavy atom. The van der Waals surface area contributed by atoms with E-state index in [0.29, 0.717) is 0 Å². The number of nitrogens with two attached hydrogens (primary N) is 1. The van der Waals surface area contributed by atoms with E-state index >= 15 is 0 Å². The highest BCUT2D eigenvalue weighted by Crippen LogP contribution is 1.96. The van der Waals surface area contributed by atoms with Crippen LogP contribution < -0.4 is 5.40 Å². The highest BCUT2D eigenvalue weighted by molar-refractivity contribution is 6.30. The van der Waals surface area contributed by atoms with Gasteiger partial charge in [-0.25, -0.2) is 4.79 Å². The Morgan fingerprint density at radius 3 is 2.15 bits per heavy atom. The van der Waals surface area contributed by atoms with Crippen molar-refractivity contribution >= 4 is 15.8 Å². The number of hydrogen-bond acceptors (Lipinski definition) is 2. The van der Waals surface area contributed by atoms with Crippen molar-refractivity contribution < 1.29 is 15.0 Å². The van der Waals surface area contributed by atoms with Crippen LogP contribution in [0.3, 0.4) is 0 Å². The van der Waals surface area contributed by atoms with E-state index in [4.69, 9.17) is 20.4 Å². The maximum absolute atomic E-state index is 8.56. The van der Waals surface area contributed by atoms with Crippen LogP contribution in [-0.4, -0.2) is 26.0 Å². The molecule has 4 N–H and O–H groups in total. The van der Waals surface area contributed by atoms with Gasteiger partial charge in [0.25, 0.3) is 0 Å². The summed E-state index contributed by atoms with van der Waals surface area (Å²) in [5.41, 5.74) is 1.38. The van der Waals surface area contributed by atoms with Crippen LogP contribution in [0.2, 0.25) is 0 Å². The van der Waals surface area contributed by atoms with Crippen molar-refractivity contribution in [1.29, 1.82) is 0 Å². The van der Waals surface area contributed by atoms with Crippen molar-refractivity contribution in [1.82, 2.24) is 0 Å². The molecule has 0 radical (unpaired) electrons.